The molecule has 26 heavy (non-hydrogen) atoms. The van der Waals surface area contributed by atoms with Crippen molar-refractivity contribution in [3.05, 3.63) is 59.0 Å². The van der Waals surface area contributed by atoms with Gasteiger partial charge >= 0.3 is 5.97 Å². The SMILES string of the molecule is COc1ccc2c(Cc3cccc(C(=O)O)n3)c(C3(C)CCC3)[nH]c2c1. The molecule has 0 radical (unpaired) electrons. The molecule has 2 N–H and O–H groups in total. The average Bonchev–Trinajstić information content (AvgIpc) is 2.97. The molecule has 1 aliphatic rings. The summed E-state index contributed by atoms with van der Waals surface area (Å²) in [5, 5.41) is 10.4. The van der Waals surface area contributed by atoms with Crippen molar-refractivity contribution in [3.8, 4) is 5.75 Å². The Kier molecular flexibility index (Phi) is 3.94. The second kappa shape index (κ2) is 6.16. The van der Waals surface area contributed by atoms with Crippen molar-refractivity contribution >= 4 is 16.9 Å². The zero-order valence-electron chi connectivity index (χ0n) is 15.0. The minimum absolute atomic E-state index is 0.0837. The zero-order valence-corrected chi connectivity index (χ0v) is 15.0. The van der Waals surface area contributed by atoms with E-state index in [1.807, 2.05) is 18.2 Å². The highest BCUT2D eigenvalue weighted by molar-refractivity contribution is 5.87. The van der Waals surface area contributed by atoms with E-state index in [0.29, 0.717) is 6.42 Å². The maximum atomic E-state index is 11.2. The third-order valence-corrected chi connectivity index (χ3v) is 5.56. The molecule has 0 atom stereocenters. The minimum atomic E-state index is -0.998. The second-order valence-electron chi connectivity index (χ2n) is 7.30. The third-order valence-electron chi connectivity index (χ3n) is 5.56. The van der Waals surface area contributed by atoms with Gasteiger partial charge in [0.25, 0.3) is 0 Å². The highest BCUT2D eigenvalue weighted by Crippen LogP contribution is 2.46. The van der Waals surface area contributed by atoms with Gasteiger partial charge in [0.1, 0.15) is 11.4 Å². The lowest BCUT2D eigenvalue weighted by atomic mass is 9.67. The van der Waals surface area contributed by atoms with E-state index in [1.165, 1.54) is 23.7 Å². The summed E-state index contributed by atoms with van der Waals surface area (Å²) in [6, 6.07) is 11.2. The minimum Gasteiger partial charge on any atom is -0.497 e. The van der Waals surface area contributed by atoms with Gasteiger partial charge in [0.05, 0.1) is 7.11 Å². The number of carbonyl (C=O) groups is 1. The molecule has 5 nitrogen and oxygen atoms in total. The number of nitrogens with one attached hydrogen (secondary N) is 1. The quantitative estimate of drug-likeness (QED) is 0.719. The van der Waals surface area contributed by atoms with Crippen LogP contribution >= 0.6 is 0 Å². The first-order chi connectivity index (χ1) is 12.5. The summed E-state index contributed by atoms with van der Waals surface area (Å²) in [6.45, 7) is 2.29. The fraction of sp³-hybridized carbons (Fsp3) is 0.333. The van der Waals surface area contributed by atoms with Crippen LogP contribution in [0, 0.1) is 0 Å². The van der Waals surface area contributed by atoms with Gasteiger partial charge in [-0.1, -0.05) is 19.4 Å². The molecular formula is C21H22N2O3. The van der Waals surface area contributed by atoms with Crippen LogP contribution in [0.4, 0.5) is 0 Å². The lowest BCUT2D eigenvalue weighted by Gasteiger charge is -2.38. The van der Waals surface area contributed by atoms with Crippen molar-refractivity contribution in [3.63, 3.8) is 0 Å². The maximum Gasteiger partial charge on any atom is 0.354 e. The summed E-state index contributed by atoms with van der Waals surface area (Å²) in [6.07, 6.45) is 4.17. The van der Waals surface area contributed by atoms with Crippen molar-refractivity contribution in [1.29, 1.82) is 0 Å². The van der Waals surface area contributed by atoms with E-state index in [1.54, 1.807) is 13.2 Å². The van der Waals surface area contributed by atoms with Gasteiger partial charge in [-0.3, -0.25) is 0 Å². The number of ether oxygens (including phenoxy) is 1. The Bertz CT molecular complexity index is 986. The number of hydrogen-bond acceptors (Lipinski definition) is 3. The van der Waals surface area contributed by atoms with Crippen LogP contribution in [0.15, 0.2) is 36.4 Å². The molecule has 5 heteroatoms. The summed E-state index contributed by atoms with van der Waals surface area (Å²) in [7, 11) is 1.67. The molecule has 0 unspecified atom stereocenters. The van der Waals surface area contributed by atoms with E-state index in [4.69, 9.17) is 4.74 Å². The van der Waals surface area contributed by atoms with Gasteiger partial charge in [-0.15, -0.1) is 0 Å². The van der Waals surface area contributed by atoms with Crippen LogP contribution in [0.5, 0.6) is 5.75 Å². The summed E-state index contributed by atoms with van der Waals surface area (Å²) in [5.41, 5.74) is 4.50. The number of hydrogen-bond donors (Lipinski definition) is 2. The van der Waals surface area contributed by atoms with Gasteiger partial charge in [0.2, 0.25) is 0 Å². The highest BCUT2D eigenvalue weighted by atomic mass is 16.5. The Morgan fingerprint density at radius 2 is 2.12 bits per heavy atom. The molecule has 2 heterocycles. The molecule has 0 amide bonds. The normalized spacial score (nSPS) is 15.6. The number of methoxy groups -OCH3 is 1. The van der Waals surface area contributed by atoms with E-state index in [2.05, 4.69) is 23.0 Å². The van der Waals surface area contributed by atoms with Crippen molar-refractivity contribution < 1.29 is 14.6 Å². The fourth-order valence-corrected chi connectivity index (χ4v) is 3.90. The van der Waals surface area contributed by atoms with E-state index >= 15 is 0 Å². The number of nitrogens with zero attached hydrogens (tertiary/aromatic N) is 1. The number of carboxylic acids is 1. The number of aromatic amines is 1. The first-order valence-corrected chi connectivity index (χ1v) is 8.88. The lowest BCUT2D eigenvalue weighted by Crippen LogP contribution is -2.31. The van der Waals surface area contributed by atoms with Gasteiger partial charge in [0.15, 0.2) is 0 Å². The van der Waals surface area contributed by atoms with Crippen molar-refractivity contribution in [2.24, 2.45) is 0 Å². The third kappa shape index (κ3) is 2.73. The van der Waals surface area contributed by atoms with E-state index < -0.39 is 5.97 Å². The molecule has 0 spiro atoms. The molecule has 1 aromatic carbocycles. The van der Waals surface area contributed by atoms with Crippen LogP contribution in [-0.2, 0) is 11.8 Å². The summed E-state index contributed by atoms with van der Waals surface area (Å²) < 4.78 is 5.36. The van der Waals surface area contributed by atoms with Crippen LogP contribution < -0.4 is 4.74 Å². The Morgan fingerprint density at radius 3 is 2.77 bits per heavy atom. The lowest BCUT2D eigenvalue weighted by molar-refractivity contribution is 0.0690. The predicted molar refractivity (Wildman–Crippen MR) is 100 cm³/mol. The number of fused-ring (bicyclic) bond motifs is 1. The number of aromatic carboxylic acids is 1. The van der Waals surface area contributed by atoms with E-state index in [-0.39, 0.29) is 11.1 Å². The maximum absolute atomic E-state index is 11.2. The molecule has 1 aliphatic carbocycles. The standard InChI is InChI=1S/C21H22N2O3/c1-21(9-4-10-21)19-16(11-13-5-3-6-17(22-13)20(24)25)15-8-7-14(26-2)12-18(15)23-19/h3,5-8,12,23H,4,9-11H2,1-2H3,(H,24,25). The van der Waals surface area contributed by atoms with Gasteiger partial charge in [-0.05, 0) is 42.7 Å². The highest BCUT2D eigenvalue weighted by Gasteiger charge is 2.37. The number of pyridine rings is 1. The topological polar surface area (TPSA) is 75.2 Å². The fourth-order valence-electron chi connectivity index (χ4n) is 3.90. The molecular weight excluding hydrogens is 328 g/mol. The van der Waals surface area contributed by atoms with Crippen LogP contribution in [0.1, 0.15) is 53.6 Å². The number of benzene rings is 1. The van der Waals surface area contributed by atoms with Gasteiger partial charge in [0, 0.05) is 40.2 Å². The van der Waals surface area contributed by atoms with E-state index in [0.717, 1.165) is 35.2 Å². The number of H-pyrrole nitrogens is 1. The molecule has 134 valence electrons. The number of aromatic nitrogens is 2. The summed E-state index contributed by atoms with van der Waals surface area (Å²) in [5.74, 6) is -0.177. The first-order valence-electron chi connectivity index (χ1n) is 8.88. The van der Waals surface area contributed by atoms with Gasteiger partial charge in [-0.25, -0.2) is 9.78 Å². The van der Waals surface area contributed by atoms with Crippen molar-refractivity contribution in [2.45, 2.75) is 38.0 Å². The predicted octanol–water partition coefficient (Wildman–Crippen LogP) is 4.30. The Hall–Kier alpha value is -2.82. The van der Waals surface area contributed by atoms with Crippen LogP contribution in [0.2, 0.25) is 0 Å². The van der Waals surface area contributed by atoms with Crippen molar-refractivity contribution in [2.75, 3.05) is 7.11 Å². The molecule has 0 saturated heterocycles. The Balaban J connectivity index is 1.83. The molecule has 2 aromatic heterocycles. The number of carboxylic acid groups (broad SMARTS) is 1. The average molecular weight is 350 g/mol. The molecule has 0 bridgehead atoms. The molecule has 0 aliphatic heterocycles. The monoisotopic (exact) mass is 350 g/mol. The Morgan fingerprint density at radius 1 is 1.31 bits per heavy atom. The van der Waals surface area contributed by atoms with Crippen LogP contribution in [0.3, 0.4) is 0 Å². The summed E-state index contributed by atoms with van der Waals surface area (Å²) >= 11 is 0. The number of rotatable bonds is 5. The zero-order chi connectivity index (χ0) is 18.3. The first kappa shape index (κ1) is 16.6. The summed E-state index contributed by atoms with van der Waals surface area (Å²) in [4.78, 5) is 19.2. The van der Waals surface area contributed by atoms with Crippen LogP contribution in [0.25, 0.3) is 10.9 Å². The second-order valence-corrected chi connectivity index (χ2v) is 7.30. The smallest absolute Gasteiger partial charge is 0.354 e. The molecule has 3 aromatic rings. The van der Waals surface area contributed by atoms with Gasteiger partial charge in [-0.2, -0.15) is 0 Å². The van der Waals surface area contributed by atoms with Gasteiger partial charge < -0.3 is 14.8 Å². The molecule has 1 saturated carbocycles. The molecule has 1 fully saturated rings. The Labute approximate surface area is 152 Å². The largest absolute Gasteiger partial charge is 0.497 e. The molecule has 4 rings (SSSR count). The van der Waals surface area contributed by atoms with Crippen molar-refractivity contribution in [1.82, 2.24) is 9.97 Å². The van der Waals surface area contributed by atoms with E-state index in [9.17, 15) is 9.90 Å². The van der Waals surface area contributed by atoms with Crippen LogP contribution in [-0.4, -0.2) is 28.2 Å².